The minimum absolute atomic E-state index is 0.197. The van der Waals surface area contributed by atoms with Crippen LogP contribution < -0.4 is 5.56 Å². The van der Waals surface area contributed by atoms with Crippen LogP contribution in [0.3, 0.4) is 0 Å². The summed E-state index contributed by atoms with van der Waals surface area (Å²) in [6, 6.07) is 8.55. The number of nitrogens with one attached hydrogen (secondary N) is 1. The lowest BCUT2D eigenvalue weighted by atomic mass is 10.1. The van der Waals surface area contributed by atoms with Crippen LogP contribution in [0, 0.1) is 0 Å². The van der Waals surface area contributed by atoms with Crippen molar-refractivity contribution in [3.8, 4) is 0 Å². The Kier molecular flexibility index (Phi) is 4.37. The summed E-state index contributed by atoms with van der Waals surface area (Å²) < 4.78 is 0. The first-order valence-electron chi connectivity index (χ1n) is 8.60. The third-order valence-corrected chi connectivity index (χ3v) is 4.62. The molecule has 2 amide bonds. The van der Waals surface area contributed by atoms with Crippen molar-refractivity contribution >= 4 is 22.7 Å². The number of para-hydroxylation sites is 1. The van der Waals surface area contributed by atoms with Gasteiger partial charge in [-0.3, -0.25) is 19.4 Å². The fourth-order valence-corrected chi connectivity index (χ4v) is 3.24. The number of hydrogen-bond donors (Lipinski definition) is 1. The number of nitrogens with zero attached hydrogens (tertiary/aromatic N) is 4. The Bertz CT molecular complexity index is 1060. The molecule has 0 bridgehead atoms. The zero-order chi connectivity index (χ0) is 18.8. The number of rotatable bonds is 2. The lowest BCUT2D eigenvalue weighted by molar-refractivity contribution is 0.0533. The number of aromatic nitrogens is 3. The SMILES string of the molecule is O=C(c1cnccn1)N1CCN(C(=O)c2cc(=O)[nH]c3ccccc23)CC1. The minimum Gasteiger partial charge on any atom is -0.335 e. The van der Waals surface area contributed by atoms with Gasteiger partial charge in [-0.2, -0.15) is 0 Å². The smallest absolute Gasteiger partial charge is 0.274 e. The van der Waals surface area contributed by atoms with Gasteiger partial charge >= 0.3 is 0 Å². The monoisotopic (exact) mass is 363 g/mol. The molecule has 1 aromatic carbocycles. The Morgan fingerprint density at radius 3 is 2.37 bits per heavy atom. The van der Waals surface area contributed by atoms with Gasteiger partial charge in [-0.25, -0.2) is 4.98 Å². The van der Waals surface area contributed by atoms with Crippen LogP contribution in [0.25, 0.3) is 10.9 Å². The molecule has 2 aromatic heterocycles. The summed E-state index contributed by atoms with van der Waals surface area (Å²) in [6.07, 6.45) is 4.42. The van der Waals surface area contributed by atoms with E-state index >= 15 is 0 Å². The fourth-order valence-electron chi connectivity index (χ4n) is 3.24. The summed E-state index contributed by atoms with van der Waals surface area (Å²) in [5, 5.41) is 0.708. The molecule has 8 nitrogen and oxygen atoms in total. The number of pyridine rings is 1. The van der Waals surface area contributed by atoms with Crippen LogP contribution in [-0.4, -0.2) is 62.7 Å². The predicted octanol–water partition coefficient (Wildman–Crippen LogP) is 0.916. The van der Waals surface area contributed by atoms with E-state index in [1.807, 2.05) is 18.2 Å². The molecule has 1 fully saturated rings. The number of piperazine rings is 1. The van der Waals surface area contributed by atoms with Crippen molar-refractivity contribution in [3.05, 3.63) is 70.5 Å². The second kappa shape index (κ2) is 6.99. The van der Waals surface area contributed by atoms with Crippen molar-refractivity contribution in [1.82, 2.24) is 24.8 Å². The molecule has 0 atom stereocenters. The van der Waals surface area contributed by atoms with E-state index in [1.54, 1.807) is 15.9 Å². The average molecular weight is 363 g/mol. The quantitative estimate of drug-likeness (QED) is 0.730. The Balaban J connectivity index is 1.51. The van der Waals surface area contributed by atoms with Crippen LogP contribution in [0.15, 0.2) is 53.7 Å². The first-order chi connectivity index (χ1) is 13.1. The number of hydrogen-bond acceptors (Lipinski definition) is 5. The van der Waals surface area contributed by atoms with Crippen LogP contribution in [0.1, 0.15) is 20.8 Å². The normalized spacial score (nSPS) is 14.4. The fraction of sp³-hybridized carbons (Fsp3) is 0.211. The molecule has 8 heteroatoms. The highest BCUT2D eigenvalue weighted by molar-refractivity contribution is 6.06. The Labute approximate surface area is 154 Å². The summed E-state index contributed by atoms with van der Waals surface area (Å²) in [6.45, 7) is 1.60. The van der Waals surface area contributed by atoms with Crippen LogP contribution in [0.4, 0.5) is 0 Å². The summed E-state index contributed by atoms with van der Waals surface area (Å²) in [4.78, 5) is 51.3. The highest BCUT2D eigenvalue weighted by Gasteiger charge is 2.27. The van der Waals surface area contributed by atoms with Gasteiger partial charge in [0.2, 0.25) is 5.56 Å². The number of H-pyrrole nitrogens is 1. The number of aromatic amines is 1. The van der Waals surface area contributed by atoms with Crippen LogP contribution >= 0.6 is 0 Å². The predicted molar refractivity (Wildman–Crippen MR) is 98.4 cm³/mol. The van der Waals surface area contributed by atoms with Crippen molar-refractivity contribution in [3.63, 3.8) is 0 Å². The third-order valence-electron chi connectivity index (χ3n) is 4.62. The largest absolute Gasteiger partial charge is 0.335 e. The first kappa shape index (κ1) is 16.9. The molecule has 0 radical (unpaired) electrons. The maximum absolute atomic E-state index is 13.0. The number of carbonyl (C=O) groups excluding carboxylic acids is 2. The Hall–Kier alpha value is -3.55. The molecule has 1 saturated heterocycles. The van der Waals surface area contributed by atoms with Gasteiger partial charge in [0, 0.05) is 55.5 Å². The van der Waals surface area contributed by atoms with E-state index in [0.717, 1.165) is 0 Å². The first-order valence-corrected chi connectivity index (χ1v) is 8.60. The topological polar surface area (TPSA) is 99.3 Å². The molecule has 3 heterocycles. The number of fused-ring (bicyclic) bond motifs is 1. The average Bonchev–Trinajstić information content (AvgIpc) is 2.73. The lowest BCUT2D eigenvalue weighted by Gasteiger charge is -2.34. The zero-order valence-electron chi connectivity index (χ0n) is 14.5. The van der Waals surface area contributed by atoms with Gasteiger partial charge in [0.1, 0.15) is 5.69 Å². The maximum atomic E-state index is 13.0. The van der Waals surface area contributed by atoms with Gasteiger partial charge in [0.25, 0.3) is 11.8 Å². The molecule has 0 aliphatic carbocycles. The van der Waals surface area contributed by atoms with Crippen molar-refractivity contribution in [1.29, 1.82) is 0 Å². The van der Waals surface area contributed by atoms with Gasteiger partial charge in [-0.05, 0) is 6.07 Å². The second-order valence-corrected chi connectivity index (χ2v) is 6.27. The van der Waals surface area contributed by atoms with Crippen molar-refractivity contribution in [2.24, 2.45) is 0 Å². The molecule has 0 spiro atoms. The van der Waals surface area contributed by atoms with E-state index < -0.39 is 0 Å². The summed E-state index contributed by atoms with van der Waals surface area (Å²) in [7, 11) is 0. The van der Waals surface area contributed by atoms with E-state index in [1.165, 1.54) is 24.7 Å². The van der Waals surface area contributed by atoms with Crippen molar-refractivity contribution in [2.75, 3.05) is 26.2 Å². The van der Waals surface area contributed by atoms with Gasteiger partial charge in [-0.15, -0.1) is 0 Å². The summed E-state index contributed by atoms with van der Waals surface area (Å²) >= 11 is 0. The second-order valence-electron chi connectivity index (χ2n) is 6.27. The summed E-state index contributed by atoms with van der Waals surface area (Å²) in [5.41, 5.74) is 0.985. The van der Waals surface area contributed by atoms with Crippen LogP contribution in [0.2, 0.25) is 0 Å². The van der Waals surface area contributed by atoms with Gasteiger partial charge in [0.15, 0.2) is 0 Å². The number of amides is 2. The van der Waals surface area contributed by atoms with Gasteiger partial charge in [-0.1, -0.05) is 18.2 Å². The van der Waals surface area contributed by atoms with Crippen molar-refractivity contribution in [2.45, 2.75) is 0 Å². The molecule has 1 aliphatic heterocycles. The van der Waals surface area contributed by atoms with Crippen LogP contribution in [-0.2, 0) is 0 Å². The standard InChI is InChI=1S/C19H17N5O3/c25-17-11-14(13-3-1-2-4-15(13)22-17)18(26)23-7-9-24(10-8-23)19(27)16-12-20-5-6-21-16/h1-6,11-12H,7-10H2,(H,22,25). The Morgan fingerprint density at radius 2 is 1.67 bits per heavy atom. The van der Waals surface area contributed by atoms with Crippen molar-refractivity contribution < 1.29 is 9.59 Å². The molecule has 0 saturated carbocycles. The molecule has 4 rings (SSSR count). The van der Waals surface area contributed by atoms with E-state index in [-0.39, 0.29) is 23.1 Å². The third kappa shape index (κ3) is 3.29. The number of carbonyl (C=O) groups is 2. The van der Waals surface area contributed by atoms with Gasteiger partial charge in [0.05, 0.1) is 11.8 Å². The molecule has 1 aliphatic rings. The van der Waals surface area contributed by atoms with E-state index in [0.29, 0.717) is 42.6 Å². The molecular weight excluding hydrogens is 346 g/mol. The molecular formula is C19H17N5O3. The molecule has 3 aromatic rings. The molecule has 27 heavy (non-hydrogen) atoms. The minimum atomic E-state index is -0.312. The number of benzene rings is 1. The maximum Gasteiger partial charge on any atom is 0.274 e. The molecule has 136 valence electrons. The zero-order valence-corrected chi connectivity index (χ0v) is 14.5. The van der Waals surface area contributed by atoms with E-state index in [4.69, 9.17) is 0 Å². The molecule has 1 N–H and O–H groups in total. The van der Waals surface area contributed by atoms with Crippen LogP contribution in [0.5, 0.6) is 0 Å². The molecule has 0 unspecified atom stereocenters. The van der Waals surface area contributed by atoms with E-state index in [2.05, 4.69) is 15.0 Å². The summed E-state index contributed by atoms with van der Waals surface area (Å²) in [5.74, 6) is -0.402. The highest BCUT2D eigenvalue weighted by atomic mass is 16.2. The Morgan fingerprint density at radius 1 is 0.963 bits per heavy atom. The lowest BCUT2D eigenvalue weighted by Crippen LogP contribution is -2.50. The van der Waals surface area contributed by atoms with Gasteiger partial charge < -0.3 is 14.8 Å². The van der Waals surface area contributed by atoms with E-state index in [9.17, 15) is 14.4 Å². The highest BCUT2D eigenvalue weighted by Crippen LogP contribution is 2.18.